The summed E-state index contributed by atoms with van der Waals surface area (Å²) in [6.45, 7) is 0.472. The molecule has 1 atom stereocenters. The van der Waals surface area contributed by atoms with Gasteiger partial charge < -0.3 is 19.1 Å². The van der Waals surface area contributed by atoms with Crippen molar-refractivity contribution in [2.24, 2.45) is 0 Å². The van der Waals surface area contributed by atoms with E-state index in [0.717, 1.165) is 10.0 Å². The van der Waals surface area contributed by atoms with Gasteiger partial charge in [-0.05, 0) is 48.0 Å². The van der Waals surface area contributed by atoms with Gasteiger partial charge in [0.15, 0.2) is 0 Å². The zero-order valence-corrected chi connectivity index (χ0v) is 18.7. The average molecular weight is 486 g/mol. The molecule has 0 N–H and O–H groups in total. The molecule has 4 rings (SSSR count). The molecule has 5 nitrogen and oxygen atoms in total. The molecule has 0 spiro atoms. The second-order valence-corrected chi connectivity index (χ2v) is 8.04. The molecule has 0 aliphatic carbocycles. The Morgan fingerprint density at radius 1 is 0.968 bits per heavy atom. The number of nitrogens with zero attached hydrogens (tertiary/aromatic N) is 1. The summed E-state index contributed by atoms with van der Waals surface area (Å²) < 4.78 is 32.1. The minimum Gasteiger partial charge on any atom is -0.497 e. The van der Waals surface area contributed by atoms with Crippen LogP contribution in [-0.2, 0) is 6.54 Å². The maximum atomic E-state index is 15.0. The number of halogens is 2. The minimum absolute atomic E-state index is 0.0937. The molecule has 7 heteroatoms. The van der Waals surface area contributed by atoms with Gasteiger partial charge in [0.1, 0.15) is 29.7 Å². The van der Waals surface area contributed by atoms with Crippen LogP contribution in [0.1, 0.15) is 27.5 Å². The lowest BCUT2D eigenvalue weighted by atomic mass is 10.0. The molecule has 0 radical (unpaired) electrons. The Hall–Kier alpha value is -3.06. The van der Waals surface area contributed by atoms with Crippen LogP contribution in [0.2, 0.25) is 0 Å². The van der Waals surface area contributed by atoms with Gasteiger partial charge in [-0.2, -0.15) is 0 Å². The van der Waals surface area contributed by atoms with Gasteiger partial charge >= 0.3 is 0 Å². The van der Waals surface area contributed by atoms with Crippen LogP contribution in [0.4, 0.5) is 4.39 Å². The van der Waals surface area contributed by atoms with Gasteiger partial charge in [-0.3, -0.25) is 4.79 Å². The highest BCUT2D eigenvalue weighted by Crippen LogP contribution is 2.35. The standard InChI is InChI=1S/C24H21BrFNO4/c1-29-17-5-7-18(8-6-17)31-14-23(20-10-9-19(30-2)12-22(20)26)27-13-15-3-4-16(25)11-21(15)24(27)28/h3-12,23H,13-14H2,1-2H3. The van der Waals surface area contributed by atoms with Crippen molar-refractivity contribution in [2.45, 2.75) is 12.6 Å². The van der Waals surface area contributed by atoms with E-state index in [2.05, 4.69) is 15.9 Å². The van der Waals surface area contributed by atoms with Gasteiger partial charge in [-0.15, -0.1) is 0 Å². The predicted octanol–water partition coefficient (Wildman–Crippen LogP) is 5.38. The van der Waals surface area contributed by atoms with E-state index in [1.165, 1.54) is 13.2 Å². The number of amides is 1. The number of fused-ring (bicyclic) bond motifs is 1. The lowest BCUT2D eigenvalue weighted by molar-refractivity contribution is 0.0630. The molecule has 160 valence electrons. The highest BCUT2D eigenvalue weighted by molar-refractivity contribution is 9.10. The molecule has 1 amide bonds. The lowest BCUT2D eigenvalue weighted by Crippen LogP contribution is -2.33. The van der Waals surface area contributed by atoms with E-state index in [1.807, 2.05) is 12.1 Å². The molecule has 1 aliphatic rings. The smallest absolute Gasteiger partial charge is 0.255 e. The van der Waals surface area contributed by atoms with E-state index in [1.54, 1.807) is 54.5 Å². The third-order valence-electron chi connectivity index (χ3n) is 5.31. The van der Waals surface area contributed by atoms with E-state index in [0.29, 0.717) is 34.9 Å². The number of carbonyl (C=O) groups excluding carboxylic acids is 1. The second kappa shape index (κ2) is 8.98. The number of hydrogen-bond donors (Lipinski definition) is 0. The van der Waals surface area contributed by atoms with Gasteiger partial charge in [0.05, 0.1) is 20.3 Å². The summed E-state index contributed by atoms with van der Waals surface area (Å²) in [5, 5.41) is 0. The predicted molar refractivity (Wildman–Crippen MR) is 118 cm³/mol. The first-order valence-corrected chi connectivity index (χ1v) is 10.5. The van der Waals surface area contributed by atoms with Crippen LogP contribution >= 0.6 is 15.9 Å². The zero-order chi connectivity index (χ0) is 22.0. The van der Waals surface area contributed by atoms with E-state index >= 15 is 0 Å². The highest BCUT2D eigenvalue weighted by atomic mass is 79.9. The van der Waals surface area contributed by atoms with Crippen molar-refractivity contribution in [2.75, 3.05) is 20.8 Å². The molecule has 3 aromatic carbocycles. The molecule has 3 aromatic rings. The molecule has 0 saturated carbocycles. The van der Waals surface area contributed by atoms with Crippen molar-refractivity contribution in [3.63, 3.8) is 0 Å². The van der Waals surface area contributed by atoms with Gasteiger partial charge in [-0.25, -0.2) is 4.39 Å². The van der Waals surface area contributed by atoms with Crippen molar-refractivity contribution in [3.8, 4) is 17.2 Å². The number of rotatable bonds is 7. The van der Waals surface area contributed by atoms with Gasteiger partial charge in [-0.1, -0.05) is 28.1 Å². The van der Waals surface area contributed by atoms with E-state index in [-0.39, 0.29) is 12.5 Å². The minimum atomic E-state index is -0.619. The van der Waals surface area contributed by atoms with Crippen LogP contribution in [0.25, 0.3) is 0 Å². The monoisotopic (exact) mass is 485 g/mol. The molecule has 0 fully saturated rings. The fourth-order valence-corrected chi connectivity index (χ4v) is 4.01. The number of hydrogen-bond acceptors (Lipinski definition) is 4. The summed E-state index contributed by atoms with van der Waals surface area (Å²) in [6.07, 6.45) is 0. The van der Waals surface area contributed by atoms with Crippen LogP contribution < -0.4 is 14.2 Å². The molecule has 0 bridgehead atoms. The first-order chi connectivity index (χ1) is 15.0. The Morgan fingerprint density at radius 3 is 2.32 bits per heavy atom. The Balaban J connectivity index is 1.65. The van der Waals surface area contributed by atoms with E-state index in [9.17, 15) is 9.18 Å². The zero-order valence-electron chi connectivity index (χ0n) is 17.1. The van der Waals surface area contributed by atoms with Crippen molar-refractivity contribution < 1.29 is 23.4 Å². The molecule has 1 aliphatic heterocycles. The molecule has 0 aromatic heterocycles. The molecule has 1 unspecified atom stereocenters. The number of ether oxygens (including phenoxy) is 3. The van der Waals surface area contributed by atoms with Crippen molar-refractivity contribution in [1.82, 2.24) is 4.90 Å². The summed E-state index contributed by atoms with van der Waals surface area (Å²) in [5.74, 6) is 1.12. The fraction of sp³-hybridized carbons (Fsp3) is 0.208. The summed E-state index contributed by atoms with van der Waals surface area (Å²) >= 11 is 3.42. The third-order valence-corrected chi connectivity index (χ3v) is 5.81. The Morgan fingerprint density at radius 2 is 1.65 bits per heavy atom. The maximum absolute atomic E-state index is 15.0. The lowest BCUT2D eigenvalue weighted by Gasteiger charge is -2.28. The Kier molecular flexibility index (Phi) is 6.13. The van der Waals surface area contributed by atoms with E-state index in [4.69, 9.17) is 14.2 Å². The number of carbonyl (C=O) groups is 1. The molecule has 1 heterocycles. The van der Waals surface area contributed by atoms with Crippen LogP contribution in [-0.4, -0.2) is 31.6 Å². The molecule has 31 heavy (non-hydrogen) atoms. The molecule has 0 saturated heterocycles. The first-order valence-electron chi connectivity index (χ1n) is 9.70. The Labute approximate surface area is 188 Å². The summed E-state index contributed by atoms with van der Waals surface area (Å²) in [4.78, 5) is 14.8. The van der Waals surface area contributed by atoms with Crippen molar-refractivity contribution >= 4 is 21.8 Å². The largest absolute Gasteiger partial charge is 0.497 e. The number of benzene rings is 3. The topological polar surface area (TPSA) is 48.0 Å². The second-order valence-electron chi connectivity index (χ2n) is 7.12. The third kappa shape index (κ3) is 4.37. The quantitative estimate of drug-likeness (QED) is 0.450. The fourth-order valence-electron chi connectivity index (χ4n) is 3.65. The summed E-state index contributed by atoms with van der Waals surface area (Å²) in [7, 11) is 3.07. The van der Waals surface area contributed by atoms with Gasteiger partial charge in [0, 0.05) is 28.2 Å². The van der Waals surface area contributed by atoms with Gasteiger partial charge in [0.25, 0.3) is 5.91 Å². The summed E-state index contributed by atoms with van der Waals surface area (Å²) in [6, 6.07) is 16.7. The van der Waals surface area contributed by atoms with Crippen LogP contribution in [0.5, 0.6) is 17.2 Å². The molecular formula is C24H21BrFNO4. The Bertz CT molecular complexity index is 1100. The van der Waals surface area contributed by atoms with Crippen LogP contribution in [0, 0.1) is 5.82 Å². The SMILES string of the molecule is COc1ccc(OCC(c2ccc(OC)cc2F)N2Cc3ccc(Br)cc3C2=O)cc1. The average Bonchev–Trinajstić information content (AvgIpc) is 3.11. The molecular weight excluding hydrogens is 465 g/mol. The maximum Gasteiger partial charge on any atom is 0.255 e. The normalized spacial score (nSPS) is 13.7. The van der Waals surface area contributed by atoms with Crippen molar-refractivity contribution in [3.05, 3.63) is 87.6 Å². The van der Waals surface area contributed by atoms with E-state index < -0.39 is 11.9 Å². The van der Waals surface area contributed by atoms with Gasteiger partial charge in [0.2, 0.25) is 0 Å². The van der Waals surface area contributed by atoms with Crippen molar-refractivity contribution in [1.29, 1.82) is 0 Å². The van der Waals surface area contributed by atoms with Crippen LogP contribution in [0.3, 0.4) is 0 Å². The van der Waals surface area contributed by atoms with Crippen LogP contribution in [0.15, 0.2) is 65.1 Å². The first kappa shape index (κ1) is 21.2. The highest BCUT2D eigenvalue weighted by Gasteiger charge is 2.35. The summed E-state index contributed by atoms with van der Waals surface area (Å²) in [5.41, 5.74) is 1.88. The number of methoxy groups -OCH3 is 2.